The molecule has 98 valence electrons. The molecule has 1 rings (SSSR count). The minimum Gasteiger partial charge on any atom is -0.218 e. The molecule has 0 fully saturated rings. The summed E-state index contributed by atoms with van der Waals surface area (Å²) >= 11 is 0. The zero-order valence-corrected chi connectivity index (χ0v) is 11.2. The average Bonchev–Trinajstić information content (AvgIpc) is 2.28. The van der Waals surface area contributed by atoms with Crippen LogP contribution in [-0.2, 0) is 28.0 Å². The van der Waals surface area contributed by atoms with Crippen molar-refractivity contribution >= 4 is 26.3 Å². The second kappa shape index (κ2) is 6.40. The lowest BCUT2D eigenvalue weighted by Gasteiger charge is -2.05. The summed E-state index contributed by atoms with van der Waals surface area (Å²) in [5.41, 5.74) is -2.33. The molecular weight excluding hydrogens is 306 g/mol. The third kappa shape index (κ3) is 4.15. The predicted molar refractivity (Wildman–Crippen MR) is 59.2 cm³/mol. The Hall–Kier alpha value is -0.790. The summed E-state index contributed by atoms with van der Waals surface area (Å²) in [5, 5.41) is 0. The van der Waals surface area contributed by atoms with Crippen LogP contribution in [0.3, 0.4) is 0 Å². The van der Waals surface area contributed by atoms with Crippen LogP contribution in [0, 0.1) is 0 Å². The van der Waals surface area contributed by atoms with Gasteiger partial charge in [0, 0.05) is 9.13 Å². The summed E-state index contributed by atoms with van der Waals surface area (Å²) in [4.78, 5) is 16.7. The van der Waals surface area contributed by atoms with E-state index >= 15 is 0 Å². The molecule has 0 aliphatic heterocycles. The van der Waals surface area contributed by atoms with Crippen LogP contribution in [0.15, 0.2) is 35.2 Å². The zero-order valence-electron chi connectivity index (χ0n) is 8.61. The number of sulfone groups is 1. The predicted octanol–water partition coefficient (Wildman–Crippen LogP) is 1.08. The topological polar surface area (TPSA) is 127 Å². The molecule has 0 saturated carbocycles. The molecule has 1 aromatic carbocycles. The molecule has 1 aromatic rings. The maximum atomic E-state index is 11.9. The molecule has 18 heavy (non-hydrogen) atoms. The molecule has 0 saturated heterocycles. The molecule has 2 atom stereocenters. The van der Waals surface area contributed by atoms with Crippen molar-refractivity contribution in [3.63, 3.8) is 0 Å². The van der Waals surface area contributed by atoms with Gasteiger partial charge in [0.2, 0.25) is 9.84 Å². The van der Waals surface area contributed by atoms with Gasteiger partial charge >= 0.3 is 22.1 Å². The molecule has 0 bridgehead atoms. The Bertz CT molecular complexity index is 526. The summed E-state index contributed by atoms with van der Waals surface area (Å²) in [7, 11) is -11.0. The lowest BCUT2D eigenvalue weighted by Crippen LogP contribution is -2.23. The van der Waals surface area contributed by atoms with E-state index in [1.165, 1.54) is 24.3 Å². The zero-order chi connectivity index (χ0) is 13.8. The first kappa shape index (κ1) is 15.3. The highest BCUT2D eigenvalue weighted by atomic mass is 32.2. The van der Waals surface area contributed by atoms with Crippen LogP contribution < -0.4 is 0 Å². The highest BCUT2D eigenvalue weighted by Crippen LogP contribution is 2.32. The summed E-state index contributed by atoms with van der Waals surface area (Å²) < 4.78 is 52.9. The third-order valence-corrected chi connectivity index (χ3v) is 4.33. The molecule has 11 heteroatoms. The minimum atomic E-state index is -4.32. The molecule has 8 nitrogen and oxygen atoms in total. The van der Waals surface area contributed by atoms with Crippen LogP contribution in [0.4, 0.5) is 0 Å². The van der Waals surface area contributed by atoms with Gasteiger partial charge < -0.3 is 0 Å². The molecule has 2 N–H and O–H groups in total. The second-order valence-corrected chi connectivity index (χ2v) is 6.15. The molecule has 0 aliphatic rings. The van der Waals surface area contributed by atoms with Gasteiger partial charge in [-0.3, -0.25) is 0 Å². The Balaban J connectivity index is 3.11. The Morgan fingerprint density at radius 1 is 1.00 bits per heavy atom. The van der Waals surface area contributed by atoms with Crippen LogP contribution in [0.2, 0.25) is 0 Å². The highest BCUT2D eigenvalue weighted by molar-refractivity contribution is 7.92. The molecule has 0 radical (unpaired) electrons. The summed E-state index contributed by atoms with van der Waals surface area (Å²) in [6, 6.07) is 6.73. The monoisotopic (exact) mass is 314 g/mol. The number of benzene rings is 1. The van der Waals surface area contributed by atoms with E-state index in [4.69, 9.17) is 9.79 Å². The van der Waals surface area contributed by atoms with Gasteiger partial charge in [0.1, 0.15) is 0 Å². The van der Waals surface area contributed by atoms with Crippen molar-refractivity contribution in [3.8, 4) is 0 Å². The highest BCUT2D eigenvalue weighted by Gasteiger charge is 2.44. The van der Waals surface area contributed by atoms with Gasteiger partial charge in [-0.15, -0.1) is 9.79 Å². The first-order chi connectivity index (χ1) is 8.34. The van der Waals surface area contributed by atoms with Crippen LogP contribution in [0.5, 0.6) is 0 Å². The Labute approximate surface area is 104 Å². The summed E-state index contributed by atoms with van der Waals surface area (Å²) in [6.07, 6.45) is 0. The minimum absolute atomic E-state index is 0.274. The van der Waals surface area contributed by atoms with Crippen molar-refractivity contribution in [2.75, 3.05) is 0 Å². The van der Waals surface area contributed by atoms with E-state index in [-0.39, 0.29) is 4.90 Å². The molecular formula is C7H8O8P2S+2. The van der Waals surface area contributed by atoms with Gasteiger partial charge in [-0.05, 0) is 12.1 Å². The van der Waals surface area contributed by atoms with Crippen LogP contribution >= 0.6 is 16.5 Å². The van der Waals surface area contributed by atoms with E-state index in [0.717, 1.165) is 0 Å². The van der Waals surface area contributed by atoms with Gasteiger partial charge in [0.05, 0.1) is 4.90 Å². The fourth-order valence-corrected chi connectivity index (χ4v) is 3.56. The maximum Gasteiger partial charge on any atom is 0.698 e. The van der Waals surface area contributed by atoms with Gasteiger partial charge in [-0.25, -0.2) is 8.42 Å². The van der Waals surface area contributed by atoms with E-state index < -0.39 is 32.0 Å². The van der Waals surface area contributed by atoms with E-state index in [1.54, 1.807) is 6.07 Å². The third-order valence-electron chi connectivity index (χ3n) is 1.68. The lowest BCUT2D eigenvalue weighted by molar-refractivity contribution is 0.0683. The Morgan fingerprint density at radius 3 is 1.83 bits per heavy atom. The van der Waals surface area contributed by atoms with Crippen molar-refractivity contribution in [1.29, 1.82) is 0 Å². The molecule has 0 aromatic heterocycles. The Morgan fingerprint density at radius 2 is 1.44 bits per heavy atom. The molecule has 2 unspecified atom stereocenters. The quantitative estimate of drug-likeness (QED) is 0.589. The lowest BCUT2D eigenvalue weighted by atomic mass is 10.4. The molecule has 0 aliphatic carbocycles. The standard InChI is InChI=1S/C7H6O8P2S/c8-16(9)14-7(15-17(10)11)18(12,13)6-4-2-1-3-5-6/h1-5,7H/p+2. The van der Waals surface area contributed by atoms with Crippen molar-refractivity contribution in [1.82, 2.24) is 0 Å². The maximum absolute atomic E-state index is 11.9. The van der Waals surface area contributed by atoms with Crippen molar-refractivity contribution < 1.29 is 36.4 Å². The van der Waals surface area contributed by atoms with Crippen LogP contribution in [-0.4, -0.2) is 23.8 Å². The summed E-state index contributed by atoms with van der Waals surface area (Å²) in [5.74, 6) is 0. The van der Waals surface area contributed by atoms with Crippen molar-refractivity contribution in [2.45, 2.75) is 10.5 Å². The largest absolute Gasteiger partial charge is 0.698 e. The van der Waals surface area contributed by atoms with Crippen LogP contribution in [0.25, 0.3) is 0 Å². The average molecular weight is 314 g/mol. The summed E-state index contributed by atoms with van der Waals surface area (Å²) in [6.45, 7) is 0. The molecule has 0 spiro atoms. The Kier molecular flexibility index (Phi) is 5.43. The first-order valence-electron chi connectivity index (χ1n) is 4.29. The number of rotatable bonds is 6. The van der Waals surface area contributed by atoms with E-state index in [1.807, 2.05) is 0 Å². The van der Waals surface area contributed by atoms with Gasteiger partial charge in [-0.1, -0.05) is 27.2 Å². The normalized spacial score (nSPS) is 15.0. The van der Waals surface area contributed by atoms with Crippen LogP contribution in [0.1, 0.15) is 0 Å². The van der Waals surface area contributed by atoms with E-state index in [0.29, 0.717) is 0 Å². The van der Waals surface area contributed by atoms with Gasteiger partial charge in [0.25, 0.3) is 0 Å². The van der Waals surface area contributed by atoms with E-state index in [9.17, 15) is 17.5 Å². The fourth-order valence-electron chi connectivity index (χ4n) is 1.00. The molecule has 0 heterocycles. The smallest absolute Gasteiger partial charge is 0.218 e. The van der Waals surface area contributed by atoms with Crippen molar-refractivity contribution in [3.05, 3.63) is 30.3 Å². The second-order valence-electron chi connectivity index (χ2n) is 2.83. The van der Waals surface area contributed by atoms with Gasteiger partial charge in [0.15, 0.2) is 0 Å². The first-order valence-corrected chi connectivity index (χ1v) is 8.09. The number of hydrogen-bond donors (Lipinski definition) is 2. The van der Waals surface area contributed by atoms with E-state index in [2.05, 4.69) is 9.05 Å². The van der Waals surface area contributed by atoms with Gasteiger partial charge in [-0.2, -0.15) is 0 Å². The fraction of sp³-hybridized carbons (Fsp3) is 0.143. The number of hydrogen-bond acceptors (Lipinski definition) is 6. The van der Waals surface area contributed by atoms with Crippen molar-refractivity contribution in [2.24, 2.45) is 0 Å². The molecule has 0 amide bonds. The SMILES string of the molecule is O=[P+](O)OC(O[P+](=O)O)S(=O)(=O)c1ccccc1.